The molecular formula is C31H40F3N14O19P. The number of aliphatic hydroxyl groups is 7. The Morgan fingerprint density at radius 1 is 0.824 bits per heavy atom. The summed E-state index contributed by atoms with van der Waals surface area (Å²) in [5.74, 6) is -2.01. The number of phosphoric ester groups is 1. The highest BCUT2D eigenvalue weighted by Crippen LogP contribution is 2.40. The minimum atomic E-state index is -4.78. The number of hydrogen-bond donors (Lipinski definition) is 15. The molecule has 0 aliphatic carbocycles. The Labute approximate surface area is 371 Å². The molecule has 3 fully saturated rings. The summed E-state index contributed by atoms with van der Waals surface area (Å²) >= 11 is 0. The lowest BCUT2D eigenvalue weighted by Gasteiger charge is -2.16. The number of aromatic amines is 3. The first-order valence-electron chi connectivity index (χ1n) is 18.6. The predicted octanol–water partition coefficient (Wildman–Crippen LogP) is -7.30. The maximum absolute atomic E-state index is 13.3. The summed E-state index contributed by atoms with van der Waals surface area (Å²) in [6, 6.07) is 0.0295. The highest BCUT2D eigenvalue weighted by atomic mass is 31.2. The average Bonchev–Trinajstić information content (AvgIpc) is 4.06. The van der Waals surface area contributed by atoms with Gasteiger partial charge in [0.05, 0.1) is 32.3 Å². The Kier molecular flexibility index (Phi) is 16.6. The first-order chi connectivity index (χ1) is 31.5. The second-order valence-corrected chi connectivity index (χ2v) is 15.3. The molecule has 0 bridgehead atoms. The number of imidazole rings is 1. The van der Waals surface area contributed by atoms with E-state index in [0.29, 0.717) is 10.9 Å². The van der Waals surface area contributed by atoms with Crippen LogP contribution in [0, 0.1) is 23.1 Å². The number of rotatable bonds is 7. The lowest BCUT2D eigenvalue weighted by atomic mass is 10.1. The fourth-order valence-corrected chi connectivity index (χ4v) is 6.78. The molecule has 37 heteroatoms. The Morgan fingerprint density at radius 3 is 2.04 bits per heavy atom. The molecular weight excluding hydrogens is 960 g/mol. The largest absolute Gasteiger partial charge is 0.469 e. The molecule has 5 aromatic heterocycles. The Hall–Kier alpha value is -6.22. The number of anilines is 1. The van der Waals surface area contributed by atoms with Gasteiger partial charge in [0.2, 0.25) is 5.82 Å². The van der Waals surface area contributed by atoms with Gasteiger partial charge in [0.15, 0.2) is 53.1 Å². The molecule has 0 saturated carbocycles. The number of ether oxygens (including phenoxy) is 4. The van der Waals surface area contributed by atoms with Crippen LogP contribution in [0.3, 0.4) is 0 Å². The van der Waals surface area contributed by atoms with E-state index in [2.05, 4.69) is 29.6 Å². The fraction of sp³-hybridized carbons (Fsp3) is 0.484. The van der Waals surface area contributed by atoms with Gasteiger partial charge in [-0.3, -0.25) is 38.6 Å². The Balaban J connectivity index is 0.000000176. The Bertz CT molecular complexity index is 2920. The smallest absolute Gasteiger partial charge is 0.454 e. The van der Waals surface area contributed by atoms with Crippen molar-refractivity contribution in [3.05, 3.63) is 89.8 Å². The second-order valence-electron chi connectivity index (χ2n) is 14.0. The van der Waals surface area contributed by atoms with E-state index in [1.165, 1.54) is 4.57 Å². The van der Waals surface area contributed by atoms with Gasteiger partial charge >= 0.3 is 31.3 Å². The van der Waals surface area contributed by atoms with Gasteiger partial charge in [-0.15, -0.1) is 0 Å². The standard InChI is InChI=1S/C10H13FN5O7P.C9H10FN3O4.C8H11N3O6.C4H3FN2O2.H3N/c11-10-14-7(12)4-8(15-10)16(2-13-4)9-6(18)5(17)3(23-9)1-22-24(19,20)21;10-3-1-13-8-6(5(15)4(2-14)16-8)17-9(13)12-7(3)11;12-2-3-5(14)6(15)7(17-3)11-8(16)10-4(13)1-9-11;5-2-1-6-4(9)7-3(2)8;/h2-3,5-6,9,17-18H,1H2,(H2,12,14,15)(H2,19,20,21);1,4-6,8,11,14-15H,2H2;1,3,5-7,12,14-15H,2H2,(H,10,13,16);1H,(H2,6,7,8,9);1H3/t3-,5-,6+,9-;4-,5-,6+,8-;3-,5-,6-,7-;;/m111../s1. The van der Waals surface area contributed by atoms with Crippen LogP contribution < -0.4 is 44.6 Å². The zero-order valence-electron chi connectivity index (χ0n) is 33.9. The van der Waals surface area contributed by atoms with Gasteiger partial charge in [0, 0.05) is 6.20 Å². The zero-order valence-corrected chi connectivity index (χ0v) is 34.8. The molecule has 0 amide bonds. The van der Waals surface area contributed by atoms with Gasteiger partial charge in [0.1, 0.15) is 55.0 Å². The summed E-state index contributed by atoms with van der Waals surface area (Å²) < 4.78 is 77.7. The quantitative estimate of drug-likeness (QED) is 0.0532. The minimum Gasteiger partial charge on any atom is -0.454 e. The van der Waals surface area contributed by atoms with Crippen molar-refractivity contribution < 1.29 is 86.7 Å². The van der Waals surface area contributed by atoms with Gasteiger partial charge in [-0.25, -0.2) is 23.5 Å². The van der Waals surface area contributed by atoms with E-state index < -0.39 is 140 Å². The fourth-order valence-electron chi connectivity index (χ4n) is 6.44. The number of nitrogens with one attached hydrogen (secondary N) is 4. The third-order valence-electron chi connectivity index (χ3n) is 9.62. The number of H-pyrrole nitrogens is 3. The highest BCUT2D eigenvalue weighted by Gasteiger charge is 2.51. The van der Waals surface area contributed by atoms with Crippen LogP contribution in [0.4, 0.5) is 19.0 Å². The molecule has 3 saturated heterocycles. The molecule has 0 radical (unpaired) electrons. The number of aliphatic hydroxyl groups excluding tert-OH is 7. The van der Waals surface area contributed by atoms with Crippen LogP contribution in [-0.2, 0) is 23.3 Å². The number of nitrogen functional groups attached to an aromatic ring is 1. The van der Waals surface area contributed by atoms with E-state index >= 15 is 0 Å². The van der Waals surface area contributed by atoms with Gasteiger partial charge < -0.3 is 81.3 Å². The molecule has 0 spiro atoms. The number of halogens is 3. The summed E-state index contributed by atoms with van der Waals surface area (Å²) in [7, 11) is -4.78. The maximum atomic E-state index is 13.3. The zero-order chi connectivity index (χ0) is 49.2. The van der Waals surface area contributed by atoms with E-state index in [9.17, 15) is 62.4 Å². The number of nitrogens with two attached hydrogens (primary N) is 1. The number of phosphoric acid groups is 1. The molecule has 0 aromatic carbocycles. The number of aromatic nitrogens is 11. The highest BCUT2D eigenvalue weighted by molar-refractivity contribution is 7.46. The van der Waals surface area contributed by atoms with E-state index in [-0.39, 0.29) is 35.7 Å². The van der Waals surface area contributed by atoms with E-state index in [1.54, 1.807) is 4.98 Å². The summed E-state index contributed by atoms with van der Waals surface area (Å²) in [6.45, 7) is -1.52. The predicted molar refractivity (Wildman–Crippen MR) is 208 cm³/mol. The van der Waals surface area contributed by atoms with Crippen LogP contribution in [0.1, 0.15) is 18.7 Å². The van der Waals surface area contributed by atoms with Gasteiger partial charge in [-0.1, -0.05) is 0 Å². The molecule has 0 unspecified atom stereocenters. The third kappa shape index (κ3) is 11.4. The average molecular weight is 1000 g/mol. The lowest BCUT2D eigenvalue weighted by molar-refractivity contribution is -0.0618. The molecule has 12 atom stereocenters. The molecule has 9 rings (SSSR count). The van der Waals surface area contributed by atoms with Gasteiger partial charge in [-0.2, -0.15) is 33.5 Å². The molecule has 4 aliphatic rings. The van der Waals surface area contributed by atoms with Gasteiger partial charge in [-0.05, 0) is 0 Å². The van der Waals surface area contributed by atoms with Crippen molar-refractivity contribution in [3.63, 3.8) is 0 Å². The molecule has 68 heavy (non-hydrogen) atoms. The molecule has 18 N–H and O–H groups in total. The third-order valence-corrected chi connectivity index (χ3v) is 10.1. The SMILES string of the molecule is N.N=c1nc2n(cc1F)[C@@H]1O[C@H](CO)[C@@H](O)[C@@H]1O2.Nc1nc(F)nc2c1ncn2[C@@H]1O[C@H](COP(=O)(O)O)[C@@H](O)[C@@H]1O.O=c1[nH]cc(F)c(=O)[nH]1.O=c1cnn([C@@H]2O[C@H](CO)[C@@H](O)[C@H]2O)c(=O)[nH]1. The van der Waals surface area contributed by atoms with E-state index in [4.69, 9.17) is 50.1 Å². The van der Waals surface area contributed by atoms with E-state index in [0.717, 1.165) is 23.3 Å². The normalized spacial score (nSPS) is 27.9. The van der Waals surface area contributed by atoms with Crippen LogP contribution in [0.25, 0.3) is 11.2 Å². The van der Waals surface area contributed by atoms with Crippen LogP contribution >= 0.6 is 7.82 Å². The maximum Gasteiger partial charge on any atom is 0.469 e. The van der Waals surface area contributed by atoms with Gasteiger partial charge in [0.25, 0.3) is 11.1 Å². The van der Waals surface area contributed by atoms with E-state index in [1.807, 2.05) is 9.97 Å². The Morgan fingerprint density at radius 2 is 1.44 bits per heavy atom. The van der Waals surface area contributed by atoms with Crippen LogP contribution in [0.5, 0.6) is 6.01 Å². The number of nitrogens with zero attached hydrogens (tertiary/aromatic N) is 8. The summed E-state index contributed by atoms with van der Waals surface area (Å²) in [5, 5.41) is 77.4. The van der Waals surface area contributed by atoms with Crippen LogP contribution in [-0.4, -0.2) is 174 Å². The lowest BCUT2D eigenvalue weighted by Crippen LogP contribution is -2.39. The van der Waals surface area contributed by atoms with Crippen molar-refractivity contribution in [1.82, 2.24) is 60.0 Å². The molecule has 9 heterocycles. The number of hydrogen-bond acceptors (Lipinski definition) is 25. The molecule has 4 aliphatic heterocycles. The van der Waals surface area contributed by atoms with Crippen molar-refractivity contribution in [2.24, 2.45) is 0 Å². The first kappa shape index (κ1) is 52.7. The summed E-state index contributed by atoms with van der Waals surface area (Å²) in [5.41, 5.74) is 1.74. The van der Waals surface area contributed by atoms with Crippen molar-refractivity contribution in [1.29, 1.82) is 5.41 Å². The first-order valence-corrected chi connectivity index (χ1v) is 20.2. The second kappa shape index (κ2) is 21.4. The van der Waals surface area contributed by atoms with Crippen molar-refractivity contribution >= 4 is 24.8 Å². The molecule has 5 aromatic rings. The van der Waals surface area contributed by atoms with Crippen molar-refractivity contribution in [3.8, 4) is 6.01 Å². The van der Waals surface area contributed by atoms with Crippen LogP contribution in [0.15, 0.2) is 44.1 Å². The summed E-state index contributed by atoms with van der Waals surface area (Å²) in [6.07, 6.45) is -11.1. The molecule has 374 valence electrons. The van der Waals surface area contributed by atoms with Crippen LogP contribution in [0.2, 0.25) is 0 Å². The minimum absolute atomic E-state index is 0. The topological polar surface area (TPSA) is 525 Å². The molecule has 33 nitrogen and oxygen atoms in total. The number of fused-ring (bicyclic) bond motifs is 4. The monoisotopic (exact) mass is 1000 g/mol. The van der Waals surface area contributed by atoms with Crippen molar-refractivity contribution in [2.75, 3.05) is 25.6 Å². The van der Waals surface area contributed by atoms with Crippen molar-refractivity contribution in [2.45, 2.75) is 73.6 Å². The summed E-state index contributed by atoms with van der Waals surface area (Å²) in [4.78, 5) is 79.8.